The summed E-state index contributed by atoms with van der Waals surface area (Å²) in [5, 5.41) is 7.08. The van der Waals surface area contributed by atoms with E-state index in [1.54, 1.807) is 12.1 Å². The van der Waals surface area contributed by atoms with Crippen molar-refractivity contribution in [3.8, 4) is 5.88 Å². The SMILES string of the molecule is CC(C)COCCOc1ccc2cc(Nc3nc(NC4CCCC[C@@H]4N)c(F)cc3C(N)=O)ccc2n1. The van der Waals surface area contributed by atoms with E-state index in [9.17, 15) is 9.18 Å². The lowest BCUT2D eigenvalue weighted by Crippen LogP contribution is -2.43. The molecule has 6 N–H and O–H groups in total. The van der Waals surface area contributed by atoms with Gasteiger partial charge in [-0.05, 0) is 49.1 Å². The number of pyridine rings is 2. The van der Waals surface area contributed by atoms with Crippen LogP contribution in [0.2, 0.25) is 0 Å². The molecule has 2 aromatic heterocycles. The number of fused-ring (bicyclic) bond motifs is 1. The van der Waals surface area contributed by atoms with Gasteiger partial charge in [-0.25, -0.2) is 14.4 Å². The molecular weight excluding hydrogens is 475 g/mol. The number of primary amides is 1. The smallest absolute Gasteiger partial charge is 0.252 e. The molecule has 1 amide bonds. The second-order valence-corrected chi connectivity index (χ2v) is 9.78. The van der Waals surface area contributed by atoms with Gasteiger partial charge >= 0.3 is 0 Å². The summed E-state index contributed by atoms with van der Waals surface area (Å²) in [4.78, 5) is 20.9. The number of nitrogens with one attached hydrogen (secondary N) is 2. The molecule has 1 saturated carbocycles. The molecule has 0 bridgehead atoms. The lowest BCUT2D eigenvalue weighted by molar-refractivity contribution is 0.0807. The maximum absolute atomic E-state index is 14.8. The zero-order valence-corrected chi connectivity index (χ0v) is 21.3. The molecule has 37 heavy (non-hydrogen) atoms. The molecule has 0 saturated heterocycles. The molecule has 2 atom stereocenters. The molecule has 3 aromatic rings. The summed E-state index contributed by atoms with van der Waals surface area (Å²) in [5.74, 6) is -0.248. The maximum Gasteiger partial charge on any atom is 0.252 e. The van der Waals surface area contributed by atoms with Crippen LogP contribution < -0.4 is 26.8 Å². The molecule has 9 nitrogen and oxygen atoms in total. The Morgan fingerprint density at radius 3 is 2.68 bits per heavy atom. The van der Waals surface area contributed by atoms with E-state index in [0.717, 1.165) is 42.7 Å². The van der Waals surface area contributed by atoms with E-state index in [4.69, 9.17) is 20.9 Å². The van der Waals surface area contributed by atoms with Gasteiger partial charge in [0.2, 0.25) is 5.88 Å². The van der Waals surface area contributed by atoms with Crippen LogP contribution in [-0.2, 0) is 4.74 Å². The molecule has 198 valence electrons. The number of nitrogens with two attached hydrogens (primary N) is 2. The molecule has 0 radical (unpaired) electrons. The van der Waals surface area contributed by atoms with Crippen LogP contribution >= 0.6 is 0 Å². The van der Waals surface area contributed by atoms with Gasteiger partial charge in [0.1, 0.15) is 12.4 Å². The van der Waals surface area contributed by atoms with Gasteiger partial charge in [0, 0.05) is 35.8 Å². The van der Waals surface area contributed by atoms with Gasteiger partial charge in [-0.1, -0.05) is 26.7 Å². The minimum atomic E-state index is -0.781. The van der Waals surface area contributed by atoms with E-state index < -0.39 is 11.7 Å². The number of amides is 1. The first kappa shape index (κ1) is 26.6. The monoisotopic (exact) mass is 510 g/mol. The molecule has 1 aromatic carbocycles. The van der Waals surface area contributed by atoms with Crippen molar-refractivity contribution < 1.29 is 18.7 Å². The summed E-state index contributed by atoms with van der Waals surface area (Å²) < 4.78 is 26.0. The molecule has 4 rings (SSSR count). The van der Waals surface area contributed by atoms with E-state index in [1.165, 1.54) is 0 Å². The second kappa shape index (κ2) is 12.2. The minimum absolute atomic E-state index is 0.0384. The normalized spacial score (nSPS) is 17.6. The van der Waals surface area contributed by atoms with Gasteiger partial charge < -0.3 is 31.6 Å². The Labute approximate surface area is 216 Å². The highest BCUT2D eigenvalue weighted by Crippen LogP contribution is 2.28. The van der Waals surface area contributed by atoms with Gasteiger partial charge in [0.05, 0.1) is 17.7 Å². The first-order valence-electron chi connectivity index (χ1n) is 12.7. The van der Waals surface area contributed by atoms with Crippen LogP contribution in [0.3, 0.4) is 0 Å². The lowest BCUT2D eigenvalue weighted by Gasteiger charge is -2.30. The summed E-state index contributed by atoms with van der Waals surface area (Å²) in [7, 11) is 0. The fourth-order valence-electron chi connectivity index (χ4n) is 4.31. The number of hydrogen-bond donors (Lipinski definition) is 4. The quantitative estimate of drug-likeness (QED) is 0.280. The number of halogens is 1. The third-order valence-corrected chi connectivity index (χ3v) is 6.24. The topological polar surface area (TPSA) is 137 Å². The summed E-state index contributed by atoms with van der Waals surface area (Å²) >= 11 is 0. The van der Waals surface area contributed by atoms with Crippen molar-refractivity contribution in [3.05, 3.63) is 47.8 Å². The molecule has 1 aliphatic rings. The van der Waals surface area contributed by atoms with E-state index >= 15 is 0 Å². The largest absolute Gasteiger partial charge is 0.475 e. The molecule has 1 unspecified atom stereocenters. The fourth-order valence-corrected chi connectivity index (χ4v) is 4.31. The van der Waals surface area contributed by atoms with Gasteiger partial charge in [0.25, 0.3) is 5.91 Å². The molecule has 0 spiro atoms. The predicted octanol–water partition coefficient (Wildman–Crippen LogP) is 4.34. The van der Waals surface area contributed by atoms with Crippen LogP contribution in [0.5, 0.6) is 5.88 Å². The van der Waals surface area contributed by atoms with Crippen LogP contribution in [-0.4, -0.2) is 47.8 Å². The summed E-state index contributed by atoms with van der Waals surface area (Å²) in [6.45, 7) is 5.80. The third-order valence-electron chi connectivity index (χ3n) is 6.24. The minimum Gasteiger partial charge on any atom is -0.475 e. The Kier molecular flexibility index (Phi) is 8.73. The molecule has 2 heterocycles. The number of rotatable bonds is 11. The van der Waals surface area contributed by atoms with Gasteiger partial charge in [-0.15, -0.1) is 0 Å². The van der Waals surface area contributed by atoms with Gasteiger partial charge in [-0.2, -0.15) is 0 Å². The summed E-state index contributed by atoms with van der Waals surface area (Å²) in [5.41, 5.74) is 13.1. The number of anilines is 3. The maximum atomic E-state index is 14.8. The van der Waals surface area contributed by atoms with Gasteiger partial charge in [-0.3, -0.25) is 4.79 Å². The highest BCUT2D eigenvalue weighted by atomic mass is 19.1. The molecule has 1 aliphatic carbocycles. The lowest BCUT2D eigenvalue weighted by atomic mass is 9.91. The predicted molar refractivity (Wildman–Crippen MR) is 143 cm³/mol. The molecule has 0 aliphatic heterocycles. The van der Waals surface area contributed by atoms with E-state index in [0.29, 0.717) is 37.3 Å². The average Bonchev–Trinajstić information content (AvgIpc) is 2.86. The number of ether oxygens (including phenoxy) is 2. The summed E-state index contributed by atoms with van der Waals surface area (Å²) in [6, 6.07) is 10.1. The number of aromatic nitrogens is 2. The zero-order chi connectivity index (χ0) is 26.4. The van der Waals surface area contributed by atoms with E-state index in [-0.39, 0.29) is 29.3 Å². The van der Waals surface area contributed by atoms with Crippen LogP contribution in [0, 0.1) is 11.7 Å². The fraction of sp³-hybridized carbons (Fsp3) is 0.444. The molecule has 10 heteroatoms. The van der Waals surface area contributed by atoms with Crippen LogP contribution in [0.25, 0.3) is 10.9 Å². The summed E-state index contributed by atoms with van der Waals surface area (Å²) in [6.07, 6.45) is 3.77. The number of benzene rings is 1. The van der Waals surface area contributed by atoms with Crippen molar-refractivity contribution in [2.75, 3.05) is 30.5 Å². The highest BCUT2D eigenvalue weighted by Gasteiger charge is 2.24. The van der Waals surface area contributed by atoms with Crippen molar-refractivity contribution in [2.24, 2.45) is 17.4 Å². The van der Waals surface area contributed by atoms with Crippen LogP contribution in [0.1, 0.15) is 49.9 Å². The number of hydrogen-bond acceptors (Lipinski definition) is 8. The van der Waals surface area contributed by atoms with Gasteiger partial charge in [0.15, 0.2) is 11.6 Å². The zero-order valence-electron chi connectivity index (χ0n) is 21.3. The van der Waals surface area contributed by atoms with Crippen molar-refractivity contribution in [1.29, 1.82) is 0 Å². The Bertz CT molecular complexity index is 1240. The van der Waals surface area contributed by atoms with Crippen molar-refractivity contribution in [3.63, 3.8) is 0 Å². The standard InChI is InChI=1S/C27H35FN6O3/c1-16(2)15-36-11-12-37-24-10-7-17-13-18(8-9-22(17)32-24)31-26-19(25(30)35)14-20(28)27(34-26)33-23-6-4-3-5-21(23)29/h7-10,13-14,16,21,23H,3-6,11-12,15,29H2,1-2H3,(H2,30,35)(H2,31,33,34)/t21-,23?/m0/s1. The first-order chi connectivity index (χ1) is 17.8. The van der Waals surface area contributed by atoms with E-state index in [1.807, 2.05) is 18.2 Å². The Balaban J connectivity index is 1.49. The Morgan fingerprint density at radius 2 is 1.92 bits per heavy atom. The van der Waals surface area contributed by atoms with Crippen LogP contribution in [0.4, 0.5) is 21.7 Å². The number of carbonyl (C=O) groups is 1. The third kappa shape index (κ3) is 7.05. The van der Waals surface area contributed by atoms with Crippen molar-refractivity contribution >= 4 is 34.1 Å². The Morgan fingerprint density at radius 1 is 1.11 bits per heavy atom. The second-order valence-electron chi connectivity index (χ2n) is 9.78. The van der Waals surface area contributed by atoms with Crippen molar-refractivity contribution in [1.82, 2.24) is 9.97 Å². The van der Waals surface area contributed by atoms with Crippen molar-refractivity contribution in [2.45, 2.75) is 51.6 Å². The molecular formula is C27H35FN6O3. The molecule has 1 fully saturated rings. The highest BCUT2D eigenvalue weighted by molar-refractivity contribution is 5.99. The number of carbonyl (C=O) groups excluding carboxylic acids is 1. The Hall–Kier alpha value is -3.50. The average molecular weight is 511 g/mol. The van der Waals surface area contributed by atoms with E-state index in [2.05, 4.69) is 34.4 Å². The number of nitrogens with zero attached hydrogens (tertiary/aromatic N) is 2. The van der Waals surface area contributed by atoms with Crippen LogP contribution in [0.15, 0.2) is 36.4 Å². The first-order valence-corrected chi connectivity index (χ1v) is 12.7.